The zero-order chi connectivity index (χ0) is 11.5. The van der Waals surface area contributed by atoms with Gasteiger partial charge in [-0.15, -0.1) is 0 Å². The quantitative estimate of drug-likeness (QED) is 0.430. The van der Waals surface area contributed by atoms with E-state index in [2.05, 4.69) is 0 Å². The summed E-state index contributed by atoms with van der Waals surface area (Å²) in [7, 11) is 0. The standard InChI is InChI=1S/C11H24O4/c1-3-11(15-9-10(2)13)14-8-6-4-5-7-12/h10-13H,3-9H2,1-2H3. The van der Waals surface area contributed by atoms with E-state index in [1.54, 1.807) is 6.92 Å². The van der Waals surface area contributed by atoms with Gasteiger partial charge in [-0.1, -0.05) is 6.92 Å². The SMILES string of the molecule is CCC(OCCCCCO)OCC(C)O. The van der Waals surface area contributed by atoms with E-state index in [9.17, 15) is 0 Å². The van der Waals surface area contributed by atoms with Crippen molar-refractivity contribution in [1.82, 2.24) is 0 Å². The average molecular weight is 220 g/mol. The van der Waals surface area contributed by atoms with E-state index in [1.165, 1.54) is 0 Å². The Morgan fingerprint density at radius 1 is 1.13 bits per heavy atom. The second kappa shape index (κ2) is 10.4. The highest BCUT2D eigenvalue weighted by molar-refractivity contribution is 4.47. The van der Waals surface area contributed by atoms with Gasteiger partial charge in [-0.2, -0.15) is 0 Å². The van der Waals surface area contributed by atoms with Crippen LogP contribution in [0.4, 0.5) is 0 Å². The van der Waals surface area contributed by atoms with Crippen molar-refractivity contribution in [2.24, 2.45) is 0 Å². The fourth-order valence-corrected chi connectivity index (χ4v) is 1.14. The molecule has 4 heteroatoms. The molecule has 0 aromatic heterocycles. The van der Waals surface area contributed by atoms with Crippen molar-refractivity contribution < 1.29 is 19.7 Å². The molecule has 0 heterocycles. The second-order valence-electron chi connectivity index (χ2n) is 3.68. The van der Waals surface area contributed by atoms with Crippen molar-refractivity contribution in [3.8, 4) is 0 Å². The summed E-state index contributed by atoms with van der Waals surface area (Å²) >= 11 is 0. The molecule has 0 radical (unpaired) electrons. The largest absolute Gasteiger partial charge is 0.396 e. The Kier molecular flexibility index (Phi) is 10.3. The molecule has 0 aliphatic rings. The minimum Gasteiger partial charge on any atom is -0.396 e. The number of rotatable bonds is 10. The Hall–Kier alpha value is -0.160. The van der Waals surface area contributed by atoms with Gasteiger partial charge in [-0.25, -0.2) is 0 Å². The van der Waals surface area contributed by atoms with Crippen LogP contribution in [0.2, 0.25) is 0 Å². The Morgan fingerprint density at radius 3 is 2.40 bits per heavy atom. The molecule has 0 rings (SSSR count). The normalized spacial score (nSPS) is 15.2. The molecule has 0 saturated heterocycles. The predicted molar refractivity (Wildman–Crippen MR) is 58.6 cm³/mol. The van der Waals surface area contributed by atoms with Crippen LogP contribution in [0.1, 0.15) is 39.5 Å². The highest BCUT2D eigenvalue weighted by Gasteiger charge is 2.07. The average Bonchev–Trinajstić information content (AvgIpc) is 2.22. The molecule has 0 fully saturated rings. The predicted octanol–water partition coefficient (Wildman–Crippen LogP) is 1.30. The number of hydrogen-bond donors (Lipinski definition) is 2. The van der Waals surface area contributed by atoms with Crippen molar-refractivity contribution in [3.05, 3.63) is 0 Å². The van der Waals surface area contributed by atoms with Crippen LogP contribution < -0.4 is 0 Å². The summed E-state index contributed by atoms with van der Waals surface area (Å²) in [5.41, 5.74) is 0. The van der Waals surface area contributed by atoms with Crippen molar-refractivity contribution in [1.29, 1.82) is 0 Å². The summed E-state index contributed by atoms with van der Waals surface area (Å²) in [6.45, 7) is 4.89. The topological polar surface area (TPSA) is 58.9 Å². The monoisotopic (exact) mass is 220 g/mol. The van der Waals surface area contributed by atoms with Gasteiger partial charge in [0, 0.05) is 13.2 Å². The van der Waals surface area contributed by atoms with Gasteiger partial charge in [-0.3, -0.25) is 0 Å². The summed E-state index contributed by atoms with van der Waals surface area (Å²) in [5, 5.41) is 17.6. The van der Waals surface area contributed by atoms with E-state index < -0.39 is 6.10 Å². The molecule has 2 N–H and O–H groups in total. The van der Waals surface area contributed by atoms with Crippen LogP contribution in [-0.4, -0.2) is 42.4 Å². The molecular formula is C11H24O4. The van der Waals surface area contributed by atoms with Gasteiger partial charge in [0.05, 0.1) is 12.7 Å². The molecule has 0 aromatic carbocycles. The van der Waals surface area contributed by atoms with Crippen LogP contribution in [0.5, 0.6) is 0 Å². The molecule has 15 heavy (non-hydrogen) atoms. The molecule has 0 aliphatic heterocycles. The van der Waals surface area contributed by atoms with E-state index in [4.69, 9.17) is 19.7 Å². The van der Waals surface area contributed by atoms with E-state index in [0.29, 0.717) is 13.2 Å². The lowest BCUT2D eigenvalue weighted by Crippen LogP contribution is -2.22. The molecule has 2 atom stereocenters. The summed E-state index contributed by atoms with van der Waals surface area (Å²) in [6.07, 6.45) is 2.87. The van der Waals surface area contributed by atoms with Crippen LogP contribution >= 0.6 is 0 Å². The van der Waals surface area contributed by atoms with Gasteiger partial charge in [0.25, 0.3) is 0 Å². The van der Waals surface area contributed by atoms with Gasteiger partial charge in [-0.05, 0) is 32.6 Å². The lowest BCUT2D eigenvalue weighted by Gasteiger charge is -2.17. The van der Waals surface area contributed by atoms with E-state index in [-0.39, 0.29) is 12.9 Å². The van der Waals surface area contributed by atoms with Crippen LogP contribution in [0.3, 0.4) is 0 Å². The van der Waals surface area contributed by atoms with Crippen molar-refractivity contribution in [3.63, 3.8) is 0 Å². The van der Waals surface area contributed by atoms with Gasteiger partial charge in [0.2, 0.25) is 0 Å². The summed E-state index contributed by atoms with van der Waals surface area (Å²) in [4.78, 5) is 0. The third kappa shape index (κ3) is 10.1. The molecular weight excluding hydrogens is 196 g/mol. The van der Waals surface area contributed by atoms with Gasteiger partial charge in [0.15, 0.2) is 6.29 Å². The fourth-order valence-electron chi connectivity index (χ4n) is 1.14. The Morgan fingerprint density at radius 2 is 1.87 bits per heavy atom. The molecule has 0 aromatic rings. The molecule has 0 bridgehead atoms. The van der Waals surface area contributed by atoms with E-state index in [1.807, 2.05) is 6.92 Å². The highest BCUT2D eigenvalue weighted by atomic mass is 16.7. The molecule has 0 spiro atoms. The number of unbranched alkanes of at least 4 members (excludes halogenated alkanes) is 2. The fraction of sp³-hybridized carbons (Fsp3) is 1.00. The molecule has 4 nitrogen and oxygen atoms in total. The molecule has 92 valence electrons. The second-order valence-corrected chi connectivity index (χ2v) is 3.68. The summed E-state index contributed by atoms with van der Waals surface area (Å²) in [5.74, 6) is 0. The van der Waals surface area contributed by atoms with Gasteiger partial charge >= 0.3 is 0 Å². The third-order valence-corrected chi connectivity index (χ3v) is 1.96. The van der Waals surface area contributed by atoms with Gasteiger partial charge < -0.3 is 19.7 Å². The Labute approximate surface area is 92.2 Å². The number of ether oxygens (including phenoxy) is 2. The number of aliphatic hydroxyl groups is 2. The van der Waals surface area contributed by atoms with E-state index >= 15 is 0 Å². The lowest BCUT2D eigenvalue weighted by atomic mass is 10.2. The highest BCUT2D eigenvalue weighted by Crippen LogP contribution is 2.04. The van der Waals surface area contributed by atoms with Crippen LogP contribution in [0.25, 0.3) is 0 Å². The molecule has 2 unspecified atom stereocenters. The zero-order valence-corrected chi connectivity index (χ0v) is 9.82. The smallest absolute Gasteiger partial charge is 0.157 e. The number of hydrogen-bond acceptors (Lipinski definition) is 4. The minimum absolute atomic E-state index is 0.214. The lowest BCUT2D eigenvalue weighted by molar-refractivity contribution is -0.157. The number of aliphatic hydroxyl groups excluding tert-OH is 2. The van der Waals surface area contributed by atoms with Crippen molar-refractivity contribution in [2.45, 2.75) is 51.9 Å². The Bertz CT molecular complexity index is 128. The van der Waals surface area contributed by atoms with Crippen molar-refractivity contribution in [2.75, 3.05) is 19.8 Å². The molecule has 0 saturated carbocycles. The first kappa shape index (κ1) is 14.8. The third-order valence-electron chi connectivity index (χ3n) is 1.96. The van der Waals surface area contributed by atoms with Crippen LogP contribution in [0.15, 0.2) is 0 Å². The molecule has 0 amide bonds. The van der Waals surface area contributed by atoms with Crippen LogP contribution in [-0.2, 0) is 9.47 Å². The van der Waals surface area contributed by atoms with Gasteiger partial charge in [0.1, 0.15) is 0 Å². The van der Waals surface area contributed by atoms with E-state index in [0.717, 1.165) is 25.7 Å². The van der Waals surface area contributed by atoms with Crippen molar-refractivity contribution >= 4 is 0 Å². The van der Waals surface area contributed by atoms with Crippen LogP contribution in [0, 0.1) is 0 Å². The Balaban J connectivity index is 3.36. The maximum absolute atomic E-state index is 9.03. The molecule has 0 aliphatic carbocycles. The first-order valence-electron chi connectivity index (χ1n) is 5.72. The first-order valence-corrected chi connectivity index (χ1v) is 5.72. The minimum atomic E-state index is -0.447. The first-order chi connectivity index (χ1) is 7.20. The summed E-state index contributed by atoms with van der Waals surface area (Å²) < 4.78 is 10.8. The summed E-state index contributed by atoms with van der Waals surface area (Å²) in [6, 6.07) is 0. The maximum atomic E-state index is 9.03. The maximum Gasteiger partial charge on any atom is 0.157 e. The zero-order valence-electron chi connectivity index (χ0n) is 9.82.